The van der Waals surface area contributed by atoms with Crippen LogP contribution in [0.4, 0.5) is 4.39 Å². The average molecular weight is 169 g/mol. The minimum absolute atomic E-state index is 0.250. The Hall–Kier alpha value is -0.960. The maximum absolute atomic E-state index is 13.5. The molecule has 2 atom stereocenters. The molecule has 0 amide bonds. The molecule has 0 saturated carbocycles. The quantitative estimate of drug-likeness (QED) is 0.602. The number of carbonyl (C=O) groups excluding carboxylic acids is 1. The molecule has 1 aliphatic rings. The van der Waals surface area contributed by atoms with Crippen molar-refractivity contribution >= 4 is 5.78 Å². The van der Waals surface area contributed by atoms with E-state index in [9.17, 15) is 9.18 Å². The third-order valence-electron chi connectivity index (χ3n) is 1.92. The Balaban J connectivity index is 2.96. The highest BCUT2D eigenvalue weighted by Crippen LogP contribution is 2.26. The second kappa shape index (κ2) is 2.83. The molecule has 0 radical (unpaired) electrons. The molecule has 0 aromatic heterocycles. The van der Waals surface area contributed by atoms with Crippen molar-refractivity contribution in [3.63, 3.8) is 0 Å². The van der Waals surface area contributed by atoms with E-state index in [1.54, 1.807) is 13.0 Å². The van der Waals surface area contributed by atoms with E-state index in [1.807, 2.05) is 0 Å². The van der Waals surface area contributed by atoms with Gasteiger partial charge in [0.05, 0.1) is 5.92 Å². The number of alkyl halides is 1. The van der Waals surface area contributed by atoms with Crippen LogP contribution in [0.1, 0.15) is 13.8 Å². The van der Waals surface area contributed by atoms with Crippen LogP contribution in [0.5, 0.6) is 0 Å². The van der Waals surface area contributed by atoms with Gasteiger partial charge in [-0.05, 0) is 19.9 Å². The fraction of sp³-hybridized carbons (Fsp3) is 0.444. The van der Waals surface area contributed by atoms with E-state index in [0.29, 0.717) is 0 Å². The number of hydrogen-bond acceptors (Lipinski definition) is 2. The first-order valence-corrected chi connectivity index (χ1v) is 3.79. The standard InChI is InChI=1S/C9H12FNO/c1-6-3-4-8(7(2)12)9(10,11)5-6/h3-5,8H,11H2,1-2H3. The van der Waals surface area contributed by atoms with Crippen molar-refractivity contribution in [3.05, 3.63) is 23.8 Å². The molecule has 12 heavy (non-hydrogen) atoms. The molecule has 0 heterocycles. The van der Waals surface area contributed by atoms with Crippen LogP contribution >= 0.6 is 0 Å². The number of rotatable bonds is 1. The maximum atomic E-state index is 13.5. The van der Waals surface area contributed by atoms with E-state index in [-0.39, 0.29) is 5.78 Å². The molecule has 0 spiro atoms. The van der Waals surface area contributed by atoms with Gasteiger partial charge in [-0.2, -0.15) is 0 Å². The summed E-state index contributed by atoms with van der Waals surface area (Å²) in [4.78, 5) is 10.9. The van der Waals surface area contributed by atoms with Gasteiger partial charge in [-0.15, -0.1) is 0 Å². The Labute approximate surface area is 70.9 Å². The van der Waals surface area contributed by atoms with Gasteiger partial charge in [0.15, 0.2) is 5.79 Å². The highest BCUT2D eigenvalue weighted by atomic mass is 19.1. The SMILES string of the molecule is CC(=O)C1C=CC(C)=CC1(N)F. The molecular formula is C9H12FNO. The molecule has 3 heteroatoms. The summed E-state index contributed by atoms with van der Waals surface area (Å²) in [6.07, 6.45) is 4.49. The normalized spacial score (nSPS) is 34.7. The van der Waals surface area contributed by atoms with E-state index in [0.717, 1.165) is 5.57 Å². The van der Waals surface area contributed by atoms with Gasteiger partial charge in [0, 0.05) is 0 Å². The van der Waals surface area contributed by atoms with Crippen molar-refractivity contribution < 1.29 is 9.18 Å². The van der Waals surface area contributed by atoms with E-state index in [1.165, 1.54) is 19.1 Å². The molecule has 1 aliphatic carbocycles. The highest BCUT2D eigenvalue weighted by Gasteiger charge is 2.36. The second-order valence-corrected chi connectivity index (χ2v) is 3.16. The summed E-state index contributed by atoms with van der Waals surface area (Å²) < 4.78 is 13.5. The number of allylic oxidation sites excluding steroid dienone is 2. The van der Waals surface area contributed by atoms with Gasteiger partial charge in [-0.25, -0.2) is 4.39 Å². The van der Waals surface area contributed by atoms with Crippen molar-refractivity contribution in [2.45, 2.75) is 19.6 Å². The Morgan fingerprint density at radius 3 is 2.75 bits per heavy atom. The molecule has 0 aromatic rings. The summed E-state index contributed by atoms with van der Waals surface area (Å²) in [5.74, 6) is -3.09. The summed E-state index contributed by atoms with van der Waals surface area (Å²) in [6, 6.07) is 0. The van der Waals surface area contributed by atoms with Gasteiger partial charge in [0.2, 0.25) is 0 Å². The lowest BCUT2D eigenvalue weighted by atomic mass is 9.88. The molecular weight excluding hydrogens is 157 g/mol. The molecule has 1 rings (SSSR count). The van der Waals surface area contributed by atoms with Crippen LogP contribution in [0.3, 0.4) is 0 Å². The van der Waals surface area contributed by atoms with Gasteiger partial charge in [-0.3, -0.25) is 10.5 Å². The second-order valence-electron chi connectivity index (χ2n) is 3.16. The van der Waals surface area contributed by atoms with Crippen molar-refractivity contribution in [2.24, 2.45) is 11.7 Å². The zero-order valence-electron chi connectivity index (χ0n) is 7.17. The highest BCUT2D eigenvalue weighted by molar-refractivity contribution is 5.82. The Kier molecular flexibility index (Phi) is 2.15. The summed E-state index contributed by atoms with van der Waals surface area (Å²) in [7, 11) is 0. The van der Waals surface area contributed by atoms with Crippen molar-refractivity contribution in [2.75, 3.05) is 0 Å². The lowest BCUT2D eigenvalue weighted by Gasteiger charge is -2.26. The molecule has 2 unspecified atom stereocenters. The van der Waals surface area contributed by atoms with Crippen LogP contribution in [0.25, 0.3) is 0 Å². The van der Waals surface area contributed by atoms with Crippen LogP contribution in [0, 0.1) is 5.92 Å². The van der Waals surface area contributed by atoms with Crippen molar-refractivity contribution in [3.8, 4) is 0 Å². The predicted molar refractivity (Wildman–Crippen MR) is 45.1 cm³/mol. The first kappa shape index (κ1) is 9.13. The zero-order valence-corrected chi connectivity index (χ0v) is 7.17. The largest absolute Gasteiger partial charge is 0.299 e. The minimum Gasteiger partial charge on any atom is -0.299 e. The molecule has 0 aliphatic heterocycles. The lowest BCUT2D eigenvalue weighted by Crippen LogP contribution is -2.44. The number of ketones is 1. The number of halogens is 1. The minimum atomic E-state index is -2.01. The Morgan fingerprint density at radius 1 is 1.75 bits per heavy atom. The first-order chi connectivity index (χ1) is 5.43. The molecule has 0 fully saturated rings. The molecule has 0 bridgehead atoms. The fourth-order valence-corrected chi connectivity index (χ4v) is 1.33. The molecule has 2 nitrogen and oxygen atoms in total. The number of Topliss-reactive ketones (excluding diaryl/α,β-unsaturated/α-hetero) is 1. The monoisotopic (exact) mass is 169 g/mol. The van der Waals surface area contributed by atoms with Crippen LogP contribution in [-0.2, 0) is 4.79 Å². The van der Waals surface area contributed by atoms with E-state index in [2.05, 4.69) is 0 Å². The van der Waals surface area contributed by atoms with Crippen LogP contribution in [0.15, 0.2) is 23.8 Å². The summed E-state index contributed by atoms with van der Waals surface area (Å²) in [6.45, 7) is 3.08. The average Bonchev–Trinajstić information content (AvgIpc) is 1.82. The smallest absolute Gasteiger partial charge is 0.191 e. The third-order valence-corrected chi connectivity index (χ3v) is 1.92. The third kappa shape index (κ3) is 1.61. The van der Waals surface area contributed by atoms with Crippen LogP contribution < -0.4 is 5.73 Å². The summed E-state index contributed by atoms with van der Waals surface area (Å²) in [5, 5.41) is 0. The van der Waals surface area contributed by atoms with Crippen LogP contribution in [-0.4, -0.2) is 11.6 Å². The van der Waals surface area contributed by atoms with E-state index in [4.69, 9.17) is 5.73 Å². The summed E-state index contributed by atoms with van der Waals surface area (Å²) in [5.41, 5.74) is 6.05. The van der Waals surface area contributed by atoms with E-state index >= 15 is 0 Å². The lowest BCUT2D eigenvalue weighted by molar-refractivity contribution is -0.122. The summed E-state index contributed by atoms with van der Waals surface area (Å²) >= 11 is 0. The van der Waals surface area contributed by atoms with Gasteiger partial charge >= 0.3 is 0 Å². The van der Waals surface area contributed by atoms with Gasteiger partial charge in [0.1, 0.15) is 5.78 Å². The molecule has 66 valence electrons. The topological polar surface area (TPSA) is 43.1 Å². The molecule has 2 N–H and O–H groups in total. The Bertz CT molecular complexity index is 266. The van der Waals surface area contributed by atoms with Gasteiger partial charge < -0.3 is 0 Å². The van der Waals surface area contributed by atoms with E-state index < -0.39 is 11.7 Å². The predicted octanol–water partition coefficient (Wildman–Crippen LogP) is 1.33. The van der Waals surface area contributed by atoms with Gasteiger partial charge in [-0.1, -0.05) is 17.7 Å². The van der Waals surface area contributed by atoms with Gasteiger partial charge in [0.25, 0.3) is 0 Å². The van der Waals surface area contributed by atoms with Crippen molar-refractivity contribution in [1.82, 2.24) is 0 Å². The number of carbonyl (C=O) groups is 1. The molecule has 0 aromatic carbocycles. The number of hydrogen-bond donors (Lipinski definition) is 1. The Morgan fingerprint density at radius 2 is 2.33 bits per heavy atom. The maximum Gasteiger partial charge on any atom is 0.191 e. The fourth-order valence-electron chi connectivity index (χ4n) is 1.33. The zero-order chi connectivity index (χ0) is 9.35. The number of nitrogens with two attached hydrogens (primary N) is 1. The van der Waals surface area contributed by atoms with Crippen LogP contribution in [0.2, 0.25) is 0 Å². The molecule has 0 saturated heterocycles. The van der Waals surface area contributed by atoms with Crippen molar-refractivity contribution in [1.29, 1.82) is 0 Å². The first-order valence-electron chi connectivity index (χ1n) is 3.79.